The zero-order valence-electron chi connectivity index (χ0n) is 17.8. The molecule has 2 unspecified atom stereocenters. The minimum atomic E-state index is -0.853. The monoisotopic (exact) mass is 416 g/mol. The minimum absolute atomic E-state index is 0.394. The summed E-state index contributed by atoms with van der Waals surface area (Å²) in [6.45, 7) is 14.8. The van der Waals surface area contributed by atoms with Crippen molar-refractivity contribution >= 4 is 23.3 Å². The van der Waals surface area contributed by atoms with E-state index in [1.165, 1.54) is 5.70 Å². The Bertz CT molecular complexity index is 746. The van der Waals surface area contributed by atoms with E-state index in [1.54, 1.807) is 25.7 Å². The van der Waals surface area contributed by atoms with E-state index in [0.717, 1.165) is 48.1 Å². The molecule has 0 amide bonds. The van der Waals surface area contributed by atoms with Crippen molar-refractivity contribution in [2.45, 2.75) is 32.9 Å². The van der Waals surface area contributed by atoms with Crippen molar-refractivity contribution in [3.8, 4) is 0 Å². The second-order valence-electron chi connectivity index (χ2n) is 7.23. The number of aliphatic imine (C=N–C) groups is 2. The van der Waals surface area contributed by atoms with Crippen LogP contribution in [0.2, 0.25) is 0 Å². The number of hydrogen-bond donors (Lipinski definition) is 1. The van der Waals surface area contributed by atoms with E-state index in [1.807, 2.05) is 36.6 Å². The van der Waals surface area contributed by atoms with Crippen molar-refractivity contribution in [2.75, 3.05) is 33.2 Å². The maximum absolute atomic E-state index is 13.2. The first kappa shape index (κ1) is 23.4. The van der Waals surface area contributed by atoms with Gasteiger partial charge in [0.1, 0.15) is 12.0 Å². The number of nitrogens with one attached hydrogen (secondary N) is 1. The standard InChI is InChI=1S/C23H33FN4S/c1-6-11-26-14-19-13-22-20(21(25-5)10-8-9-17(3)24)15-27-23(28(22)16-19)18(4)29-12-7-2/h6-8,10,12,17,19,26H,1,4,9,11,13-16H2,2-3,5H3/b10-8-,12-7-,25-21?. The summed E-state index contributed by atoms with van der Waals surface area (Å²) in [6, 6.07) is 0. The fourth-order valence-corrected chi connectivity index (χ4v) is 4.10. The molecule has 0 saturated carbocycles. The van der Waals surface area contributed by atoms with E-state index in [9.17, 15) is 4.39 Å². The van der Waals surface area contributed by atoms with Crippen LogP contribution in [-0.2, 0) is 0 Å². The molecular formula is C23H33FN4S. The average molecular weight is 417 g/mol. The van der Waals surface area contributed by atoms with Gasteiger partial charge in [0.05, 0.1) is 12.3 Å². The smallest absolute Gasteiger partial charge is 0.141 e. The molecule has 2 aliphatic rings. The lowest BCUT2D eigenvalue weighted by molar-refractivity contribution is 0.365. The van der Waals surface area contributed by atoms with Gasteiger partial charge >= 0.3 is 0 Å². The van der Waals surface area contributed by atoms with Gasteiger partial charge in [0.2, 0.25) is 0 Å². The molecule has 1 fully saturated rings. The van der Waals surface area contributed by atoms with E-state index >= 15 is 0 Å². The first-order valence-corrected chi connectivity index (χ1v) is 11.0. The first-order chi connectivity index (χ1) is 14.0. The largest absolute Gasteiger partial charge is 0.329 e. The number of hydrogen-bond acceptors (Lipinski definition) is 5. The lowest BCUT2D eigenvalue weighted by Gasteiger charge is -2.29. The van der Waals surface area contributed by atoms with Gasteiger partial charge in [0, 0.05) is 42.9 Å². The van der Waals surface area contributed by atoms with Crippen molar-refractivity contribution in [3.63, 3.8) is 0 Å². The molecule has 158 valence electrons. The summed E-state index contributed by atoms with van der Waals surface area (Å²) in [5, 5.41) is 5.47. The van der Waals surface area contributed by atoms with Crippen LogP contribution in [0.3, 0.4) is 0 Å². The third kappa shape index (κ3) is 6.54. The highest BCUT2D eigenvalue weighted by Crippen LogP contribution is 2.36. The number of halogens is 1. The van der Waals surface area contributed by atoms with Crippen LogP contribution in [0.1, 0.15) is 26.7 Å². The first-order valence-electron chi connectivity index (χ1n) is 10.1. The molecule has 0 bridgehead atoms. The highest BCUT2D eigenvalue weighted by molar-refractivity contribution is 8.06. The molecule has 0 aromatic heterocycles. The van der Waals surface area contributed by atoms with Gasteiger partial charge in [-0.1, -0.05) is 36.6 Å². The lowest BCUT2D eigenvalue weighted by atomic mass is 10.0. The summed E-state index contributed by atoms with van der Waals surface area (Å²) in [7, 11) is 1.79. The molecule has 0 spiro atoms. The summed E-state index contributed by atoms with van der Waals surface area (Å²) in [4.78, 5) is 12.6. The summed E-state index contributed by atoms with van der Waals surface area (Å²) in [6.07, 6.45) is 8.19. The molecule has 2 rings (SSSR count). The van der Waals surface area contributed by atoms with Crippen LogP contribution < -0.4 is 5.32 Å². The Morgan fingerprint density at radius 1 is 1.52 bits per heavy atom. The topological polar surface area (TPSA) is 40.0 Å². The third-order valence-electron chi connectivity index (χ3n) is 4.84. The van der Waals surface area contributed by atoms with Crippen LogP contribution in [-0.4, -0.2) is 55.8 Å². The van der Waals surface area contributed by atoms with E-state index < -0.39 is 6.17 Å². The number of allylic oxidation sites excluding steroid dienone is 4. The molecule has 29 heavy (non-hydrogen) atoms. The Morgan fingerprint density at radius 2 is 2.31 bits per heavy atom. The van der Waals surface area contributed by atoms with Crippen molar-refractivity contribution < 1.29 is 4.39 Å². The molecule has 4 nitrogen and oxygen atoms in total. The van der Waals surface area contributed by atoms with Gasteiger partial charge in [-0.15, -0.1) is 6.58 Å². The van der Waals surface area contributed by atoms with Crippen molar-refractivity contribution in [2.24, 2.45) is 15.9 Å². The molecule has 0 aromatic carbocycles. The van der Waals surface area contributed by atoms with Crippen molar-refractivity contribution in [1.29, 1.82) is 0 Å². The Balaban J connectivity index is 2.28. The summed E-state index contributed by atoms with van der Waals surface area (Å²) < 4.78 is 13.2. The molecule has 1 saturated heterocycles. The summed E-state index contributed by atoms with van der Waals surface area (Å²) in [5.41, 5.74) is 3.29. The molecule has 1 N–H and O–H groups in total. The number of amidine groups is 1. The van der Waals surface area contributed by atoms with E-state index in [-0.39, 0.29) is 0 Å². The molecule has 2 aliphatic heterocycles. The van der Waals surface area contributed by atoms with Crippen molar-refractivity contribution in [1.82, 2.24) is 10.2 Å². The van der Waals surface area contributed by atoms with Crippen LogP contribution >= 0.6 is 11.8 Å². The molecule has 0 radical (unpaired) electrons. The van der Waals surface area contributed by atoms with Gasteiger partial charge in [0.15, 0.2) is 0 Å². The molecular weight excluding hydrogens is 383 g/mol. The van der Waals surface area contributed by atoms with E-state index in [0.29, 0.717) is 18.9 Å². The highest BCUT2D eigenvalue weighted by atomic mass is 32.2. The molecule has 6 heteroatoms. The highest BCUT2D eigenvalue weighted by Gasteiger charge is 2.35. The zero-order chi connectivity index (χ0) is 21.2. The van der Waals surface area contributed by atoms with Crippen molar-refractivity contribution in [3.05, 3.63) is 59.0 Å². The SMILES string of the molecule is C=CCNCC1CC2=C(C(/C=C\CC(C)F)=NC)CN=C(C(=C)S/C=C\C)N2C1. The normalized spacial score (nSPS) is 21.1. The zero-order valence-corrected chi connectivity index (χ0v) is 18.6. The number of nitrogens with zero attached hydrogens (tertiary/aromatic N) is 3. The number of alkyl halides is 1. The predicted octanol–water partition coefficient (Wildman–Crippen LogP) is 4.91. The Morgan fingerprint density at radius 3 is 2.97 bits per heavy atom. The Kier molecular flexibility index (Phi) is 9.61. The number of fused-ring (bicyclic) bond motifs is 1. The summed E-state index contributed by atoms with van der Waals surface area (Å²) in [5.74, 6) is 1.44. The molecule has 0 aromatic rings. The van der Waals surface area contributed by atoms with Gasteiger partial charge in [-0.25, -0.2) is 4.39 Å². The van der Waals surface area contributed by atoms with Crippen LogP contribution in [0.15, 0.2) is 69.0 Å². The van der Waals surface area contributed by atoms with Gasteiger partial charge in [0.25, 0.3) is 0 Å². The predicted molar refractivity (Wildman–Crippen MR) is 126 cm³/mol. The second-order valence-corrected chi connectivity index (χ2v) is 8.23. The fourth-order valence-electron chi connectivity index (χ4n) is 3.52. The Hall–Kier alpha value is -1.92. The second kappa shape index (κ2) is 11.9. The molecule has 2 atom stereocenters. The fraction of sp³-hybridized carbons (Fsp3) is 0.478. The lowest BCUT2D eigenvalue weighted by Crippen LogP contribution is -2.34. The van der Waals surface area contributed by atoms with Gasteiger partial charge in [-0.2, -0.15) is 0 Å². The number of rotatable bonds is 11. The minimum Gasteiger partial charge on any atom is -0.329 e. The van der Waals surface area contributed by atoms with E-state index in [2.05, 4.69) is 28.4 Å². The Labute approximate surface area is 179 Å². The maximum Gasteiger partial charge on any atom is 0.141 e. The van der Waals surface area contributed by atoms with Gasteiger partial charge in [-0.05, 0) is 44.1 Å². The van der Waals surface area contributed by atoms with E-state index in [4.69, 9.17) is 4.99 Å². The van der Waals surface area contributed by atoms with Gasteiger partial charge in [-0.3, -0.25) is 9.98 Å². The quantitative estimate of drug-likeness (QED) is 0.296. The third-order valence-corrected chi connectivity index (χ3v) is 5.72. The maximum atomic E-state index is 13.2. The number of thioether (sulfide) groups is 1. The molecule has 2 heterocycles. The van der Waals surface area contributed by atoms with Gasteiger partial charge < -0.3 is 10.2 Å². The van der Waals surface area contributed by atoms with Crippen LogP contribution in [0.4, 0.5) is 4.39 Å². The molecule has 0 aliphatic carbocycles. The average Bonchev–Trinajstić information content (AvgIpc) is 3.13. The van der Waals surface area contributed by atoms with Crippen LogP contribution in [0.25, 0.3) is 0 Å². The summed E-state index contributed by atoms with van der Waals surface area (Å²) >= 11 is 1.60. The van der Waals surface area contributed by atoms with Crippen LogP contribution in [0.5, 0.6) is 0 Å². The van der Waals surface area contributed by atoms with Crippen LogP contribution in [0, 0.1) is 5.92 Å².